The van der Waals surface area contributed by atoms with Gasteiger partial charge in [0, 0.05) is 54.9 Å². The van der Waals surface area contributed by atoms with Crippen molar-refractivity contribution in [2.45, 2.75) is 84.1 Å². The molecule has 0 unspecified atom stereocenters. The van der Waals surface area contributed by atoms with Crippen molar-refractivity contribution in [3.8, 4) is 5.75 Å². The summed E-state index contributed by atoms with van der Waals surface area (Å²) in [5, 5.41) is 17.7. The molecule has 39 heavy (non-hydrogen) atoms. The molecule has 0 saturated heterocycles. The van der Waals surface area contributed by atoms with Crippen LogP contribution in [0.1, 0.15) is 105 Å². The fourth-order valence-corrected chi connectivity index (χ4v) is 5.05. The molecular weight excluding hydrogens is 492 g/mol. The number of aromatic nitrogens is 1. The lowest BCUT2D eigenvalue weighted by Crippen LogP contribution is -2.31. The Hall–Kier alpha value is -3.42. The highest BCUT2D eigenvalue weighted by atomic mass is 16.5. The molecule has 1 aliphatic carbocycles. The second kappa shape index (κ2) is 11.8. The van der Waals surface area contributed by atoms with Gasteiger partial charge in [0.25, 0.3) is 0 Å². The van der Waals surface area contributed by atoms with Crippen LogP contribution in [0.3, 0.4) is 0 Å². The maximum atomic E-state index is 13.7. The molecule has 4 rings (SSSR count). The van der Waals surface area contributed by atoms with E-state index in [1.165, 1.54) is 0 Å². The molecule has 0 radical (unpaired) electrons. The molecule has 1 fully saturated rings. The van der Waals surface area contributed by atoms with Gasteiger partial charge in [-0.05, 0) is 55.7 Å². The van der Waals surface area contributed by atoms with E-state index < -0.39 is 5.97 Å². The SMILES string of the molecule is CCCN(C)c1cc(C(=O)CN2Cc3ccc(C4CC4)nc3C2=N)cc(C(C)(C)C)c1OCCCCC(=O)O. The minimum atomic E-state index is -0.801. The van der Waals surface area contributed by atoms with E-state index in [2.05, 4.69) is 44.7 Å². The third-order valence-electron chi connectivity index (χ3n) is 7.43. The molecule has 0 bridgehead atoms. The van der Waals surface area contributed by atoms with E-state index in [-0.39, 0.29) is 24.2 Å². The minimum absolute atomic E-state index is 0.0420. The Morgan fingerprint density at radius 3 is 2.59 bits per heavy atom. The third-order valence-corrected chi connectivity index (χ3v) is 7.43. The maximum absolute atomic E-state index is 13.7. The van der Waals surface area contributed by atoms with Crippen LogP contribution in [0.4, 0.5) is 5.69 Å². The quantitative estimate of drug-likeness (QED) is 0.248. The lowest BCUT2D eigenvalue weighted by molar-refractivity contribution is -0.137. The number of aliphatic carboxylic acids is 1. The Bertz CT molecular complexity index is 1250. The van der Waals surface area contributed by atoms with Gasteiger partial charge in [-0.2, -0.15) is 0 Å². The molecule has 1 saturated carbocycles. The number of carboxylic acid groups (broad SMARTS) is 1. The third kappa shape index (κ3) is 6.78. The summed E-state index contributed by atoms with van der Waals surface area (Å²) in [6.07, 6.45) is 4.58. The number of nitrogens with zero attached hydrogens (tertiary/aromatic N) is 3. The lowest BCUT2D eigenvalue weighted by Gasteiger charge is -2.30. The van der Waals surface area contributed by atoms with Gasteiger partial charge >= 0.3 is 5.97 Å². The summed E-state index contributed by atoms with van der Waals surface area (Å²) >= 11 is 0. The van der Waals surface area contributed by atoms with Gasteiger partial charge in [-0.25, -0.2) is 4.98 Å². The highest BCUT2D eigenvalue weighted by Gasteiger charge is 2.32. The number of rotatable bonds is 13. The van der Waals surface area contributed by atoms with Crippen LogP contribution < -0.4 is 9.64 Å². The Morgan fingerprint density at radius 1 is 1.21 bits per heavy atom. The average Bonchev–Trinajstić information content (AvgIpc) is 3.68. The van der Waals surface area contributed by atoms with Gasteiger partial charge in [0.2, 0.25) is 0 Å². The summed E-state index contributed by atoms with van der Waals surface area (Å²) in [5.41, 5.74) is 4.89. The highest BCUT2D eigenvalue weighted by molar-refractivity contribution is 6.05. The van der Waals surface area contributed by atoms with Crippen molar-refractivity contribution in [2.75, 3.05) is 31.6 Å². The standard InChI is InChI=1S/C31H42N4O4/c1-6-14-34(5)25-17-22(16-23(31(2,3)4)29(25)39-15-8-7-9-27(37)38)26(36)19-35-18-21-12-13-24(20-10-11-20)33-28(21)30(35)32/h12-13,16-17,20,32H,6-11,14-15,18-19H2,1-5H3,(H,37,38). The van der Waals surface area contributed by atoms with Crippen molar-refractivity contribution >= 4 is 23.3 Å². The van der Waals surface area contributed by atoms with E-state index in [0.717, 1.165) is 54.1 Å². The van der Waals surface area contributed by atoms with Crippen LogP contribution in [0.2, 0.25) is 0 Å². The van der Waals surface area contributed by atoms with Gasteiger partial charge < -0.3 is 19.6 Å². The Kier molecular flexibility index (Phi) is 8.62. The Labute approximate surface area is 231 Å². The van der Waals surface area contributed by atoms with Crippen molar-refractivity contribution in [3.05, 3.63) is 52.3 Å². The van der Waals surface area contributed by atoms with Gasteiger partial charge in [-0.1, -0.05) is 33.8 Å². The zero-order chi connectivity index (χ0) is 28.3. The van der Waals surface area contributed by atoms with Crippen LogP contribution in [-0.2, 0) is 16.8 Å². The molecule has 2 aromatic rings. The zero-order valence-electron chi connectivity index (χ0n) is 24.0. The van der Waals surface area contributed by atoms with Gasteiger partial charge in [-0.3, -0.25) is 15.0 Å². The average molecular weight is 535 g/mol. The summed E-state index contributed by atoms with van der Waals surface area (Å²) in [5.74, 6) is 0.751. The second-order valence-corrected chi connectivity index (χ2v) is 11.9. The molecule has 8 heteroatoms. The predicted molar refractivity (Wildman–Crippen MR) is 153 cm³/mol. The fraction of sp³-hybridized carbons (Fsp3) is 0.548. The summed E-state index contributed by atoms with van der Waals surface area (Å²) in [6, 6.07) is 7.98. The number of ether oxygens (including phenoxy) is 1. The fourth-order valence-electron chi connectivity index (χ4n) is 5.05. The van der Waals surface area contributed by atoms with E-state index in [4.69, 9.17) is 20.2 Å². The lowest BCUT2D eigenvalue weighted by atomic mass is 9.84. The maximum Gasteiger partial charge on any atom is 0.303 e. The summed E-state index contributed by atoms with van der Waals surface area (Å²) in [7, 11) is 2.01. The van der Waals surface area contributed by atoms with Gasteiger partial charge in [0.05, 0.1) is 18.8 Å². The number of hydrogen-bond acceptors (Lipinski definition) is 6. The van der Waals surface area contributed by atoms with Crippen molar-refractivity contribution < 1.29 is 19.4 Å². The number of anilines is 1. The first-order valence-corrected chi connectivity index (χ1v) is 14.1. The molecule has 1 aromatic heterocycles. The number of hydrogen-bond donors (Lipinski definition) is 2. The van der Waals surface area contributed by atoms with Gasteiger partial charge in [0.15, 0.2) is 5.78 Å². The number of Topliss-reactive ketones (excluding diaryl/α,β-unsaturated/α-hetero) is 1. The first-order chi connectivity index (χ1) is 18.5. The van der Waals surface area contributed by atoms with Crippen molar-refractivity contribution in [2.24, 2.45) is 0 Å². The number of nitrogens with one attached hydrogen (secondary N) is 1. The molecule has 210 valence electrons. The van der Waals surface area contributed by atoms with Crippen LogP contribution >= 0.6 is 0 Å². The molecule has 0 spiro atoms. The van der Waals surface area contributed by atoms with Crippen LogP contribution in [0, 0.1) is 5.41 Å². The number of pyridine rings is 1. The van der Waals surface area contributed by atoms with E-state index >= 15 is 0 Å². The summed E-state index contributed by atoms with van der Waals surface area (Å²) < 4.78 is 6.31. The van der Waals surface area contributed by atoms with Crippen LogP contribution in [0.5, 0.6) is 5.75 Å². The topological polar surface area (TPSA) is 107 Å². The Morgan fingerprint density at radius 2 is 1.95 bits per heavy atom. The smallest absolute Gasteiger partial charge is 0.303 e. The molecule has 8 nitrogen and oxygen atoms in total. The minimum Gasteiger partial charge on any atom is -0.491 e. The van der Waals surface area contributed by atoms with Crippen LogP contribution in [0.25, 0.3) is 0 Å². The Balaban J connectivity index is 1.58. The van der Waals surface area contributed by atoms with Crippen LogP contribution in [0.15, 0.2) is 24.3 Å². The molecule has 1 aliphatic heterocycles. The largest absolute Gasteiger partial charge is 0.491 e. The van der Waals surface area contributed by atoms with E-state index in [1.807, 2.05) is 24.1 Å². The number of carboxylic acids is 1. The van der Waals surface area contributed by atoms with Gasteiger partial charge in [-0.15, -0.1) is 0 Å². The monoisotopic (exact) mass is 534 g/mol. The van der Waals surface area contributed by atoms with E-state index in [9.17, 15) is 9.59 Å². The highest BCUT2D eigenvalue weighted by Crippen LogP contribution is 2.41. The number of carbonyl (C=O) groups excluding carboxylic acids is 1. The molecular formula is C31H42N4O4. The van der Waals surface area contributed by atoms with Crippen LogP contribution in [-0.4, -0.2) is 59.3 Å². The number of ketones is 1. The number of amidine groups is 1. The molecule has 2 heterocycles. The first-order valence-electron chi connectivity index (χ1n) is 14.1. The number of fused-ring (bicyclic) bond motifs is 1. The van der Waals surface area contributed by atoms with Crippen molar-refractivity contribution in [3.63, 3.8) is 0 Å². The van der Waals surface area contributed by atoms with E-state index in [1.54, 1.807) is 0 Å². The summed E-state index contributed by atoms with van der Waals surface area (Å²) in [6.45, 7) is 10.3. The summed E-state index contributed by atoms with van der Waals surface area (Å²) in [4.78, 5) is 33.3. The molecule has 2 N–H and O–H groups in total. The zero-order valence-corrected chi connectivity index (χ0v) is 24.0. The van der Waals surface area contributed by atoms with Crippen molar-refractivity contribution in [1.82, 2.24) is 9.88 Å². The second-order valence-electron chi connectivity index (χ2n) is 11.9. The normalized spacial score (nSPS) is 14.9. The molecule has 1 aromatic carbocycles. The van der Waals surface area contributed by atoms with Crippen molar-refractivity contribution in [1.29, 1.82) is 5.41 Å². The number of benzene rings is 1. The predicted octanol–water partition coefficient (Wildman–Crippen LogP) is 5.76. The number of unbranched alkanes of at least 4 members (excludes halogenated alkanes) is 1. The molecule has 2 aliphatic rings. The van der Waals surface area contributed by atoms with Gasteiger partial charge in [0.1, 0.15) is 17.3 Å². The first kappa shape index (κ1) is 28.6. The number of carbonyl (C=O) groups is 2. The molecule has 0 amide bonds. The van der Waals surface area contributed by atoms with E-state index in [0.29, 0.717) is 49.0 Å². The molecule has 0 atom stereocenters.